The number of nitrogens with one attached hydrogen (secondary N) is 1. The number of halogens is 2. The average Bonchev–Trinajstić information content (AvgIpc) is 2.91. The first-order valence-corrected chi connectivity index (χ1v) is 11.9. The Morgan fingerprint density at radius 1 is 0.800 bits per heavy atom. The van der Waals surface area contributed by atoms with E-state index in [1.54, 1.807) is 18.2 Å². The highest BCUT2D eigenvalue weighted by molar-refractivity contribution is 6.35. The molecule has 4 nitrogen and oxygen atoms in total. The number of ether oxygens (including phenoxy) is 2. The lowest BCUT2D eigenvalue weighted by Crippen LogP contribution is -2.55. The fraction of sp³-hybridized carbons (Fsp3) is 0.138. The third-order valence-corrected chi connectivity index (χ3v) is 6.33. The summed E-state index contributed by atoms with van der Waals surface area (Å²) in [5.41, 5.74) is 2.04. The summed E-state index contributed by atoms with van der Waals surface area (Å²) in [4.78, 5) is 13.0. The zero-order valence-corrected chi connectivity index (χ0v) is 20.7. The van der Waals surface area contributed by atoms with Gasteiger partial charge >= 0.3 is 5.97 Å². The predicted molar refractivity (Wildman–Crippen MR) is 140 cm³/mol. The molecule has 0 aromatic heterocycles. The second kappa shape index (κ2) is 11.4. The fourth-order valence-electron chi connectivity index (χ4n) is 4.15. The first kappa shape index (κ1) is 24.8. The van der Waals surface area contributed by atoms with Crippen LogP contribution in [0, 0.1) is 0 Å². The van der Waals surface area contributed by atoms with Gasteiger partial charge in [-0.3, -0.25) is 10.1 Å². The molecule has 178 valence electrons. The van der Waals surface area contributed by atoms with E-state index in [9.17, 15) is 4.79 Å². The molecule has 0 bridgehead atoms. The van der Waals surface area contributed by atoms with Gasteiger partial charge in [-0.15, -0.1) is 0 Å². The maximum Gasteiger partial charge on any atom is 0.326 e. The van der Waals surface area contributed by atoms with Crippen molar-refractivity contribution in [2.24, 2.45) is 0 Å². The fourth-order valence-corrected chi connectivity index (χ4v) is 4.62. The van der Waals surface area contributed by atoms with Gasteiger partial charge in [-0.25, -0.2) is 0 Å². The first-order chi connectivity index (χ1) is 17.0. The van der Waals surface area contributed by atoms with Gasteiger partial charge in [0.15, 0.2) is 0 Å². The second-order valence-electron chi connectivity index (χ2n) is 7.95. The van der Waals surface area contributed by atoms with E-state index in [4.69, 9.17) is 32.7 Å². The monoisotopic (exact) mass is 505 g/mol. The molecular formula is C29H25Cl2NO3. The predicted octanol–water partition coefficient (Wildman–Crippen LogP) is 6.50. The molecular weight excluding hydrogens is 481 g/mol. The van der Waals surface area contributed by atoms with Crippen molar-refractivity contribution < 1.29 is 14.3 Å². The van der Waals surface area contributed by atoms with Gasteiger partial charge < -0.3 is 9.47 Å². The summed E-state index contributed by atoms with van der Waals surface area (Å²) in [6.07, 6.45) is 0. The third kappa shape index (κ3) is 5.51. The summed E-state index contributed by atoms with van der Waals surface area (Å²) >= 11 is 12.3. The Morgan fingerprint density at radius 3 is 1.71 bits per heavy atom. The summed E-state index contributed by atoms with van der Waals surface area (Å²) in [6, 6.07) is 34.2. The van der Waals surface area contributed by atoms with Crippen LogP contribution >= 0.6 is 23.2 Å². The van der Waals surface area contributed by atoms with Crippen LogP contribution in [0.3, 0.4) is 0 Å². The van der Waals surface area contributed by atoms with Crippen LogP contribution in [0.2, 0.25) is 10.0 Å². The molecule has 35 heavy (non-hydrogen) atoms. The second-order valence-corrected chi connectivity index (χ2v) is 8.80. The molecule has 0 fully saturated rings. The van der Waals surface area contributed by atoms with Crippen molar-refractivity contribution in [3.8, 4) is 5.75 Å². The number of hydrogen-bond donors (Lipinski definition) is 1. The van der Waals surface area contributed by atoms with Crippen LogP contribution in [-0.2, 0) is 15.1 Å². The number of carbonyl (C=O) groups excluding carboxylic acids is 1. The van der Waals surface area contributed by atoms with Crippen molar-refractivity contribution in [1.29, 1.82) is 0 Å². The normalized spacial score (nSPS) is 12.1. The lowest BCUT2D eigenvalue weighted by molar-refractivity contribution is -0.144. The molecule has 0 saturated carbocycles. The highest BCUT2D eigenvalue weighted by Gasteiger charge is 2.40. The largest absolute Gasteiger partial charge is 0.490 e. The van der Waals surface area contributed by atoms with Crippen LogP contribution in [-0.4, -0.2) is 25.7 Å². The summed E-state index contributed by atoms with van der Waals surface area (Å²) in [5.74, 6) is -0.0289. The van der Waals surface area contributed by atoms with E-state index in [0.717, 1.165) is 16.7 Å². The Hall–Kier alpha value is -3.31. The van der Waals surface area contributed by atoms with Crippen LogP contribution in [0.4, 0.5) is 0 Å². The molecule has 4 aromatic carbocycles. The summed E-state index contributed by atoms with van der Waals surface area (Å²) < 4.78 is 11.1. The lowest BCUT2D eigenvalue weighted by atomic mass is 9.76. The number of carbonyl (C=O) groups is 1. The minimum absolute atomic E-state index is 0.0116. The Kier molecular flexibility index (Phi) is 8.09. The molecule has 0 aliphatic rings. The molecule has 1 N–H and O–H groups in total. The van der Waals surface area contributed by atoms with Crippen LogP contribution in [0.15, 0.2) is 109 Å². The average molecular weight is 506 g/mol. The molecule has 0 aliphatic heterocycles. The van der Waals surface area contributed by atoms with E-state index in [2.05, 4.69) is 5.32 Å². The van der Waals surface area contributed by atoms with Crippen LogP contribution in [0.1, 0.15) is 16.7 Å². The maximum atomic E-state index is 13.0. The number of methoxy groups -OCH3 is 1. The van der Waals surface area contributed by atoms with E-state index in [-0.39, 0.29) is 6.61 Å². The van der Waals surface area contributed by atoms with Crippen molar-refractivity contribution in [2.45, 2.75) is 11.6 Å². The van der Waals surface area contributed by atoms with Crippen LogP contribution in [0.5, 0.6) is 5.75 Å². The number of hydrogen-bond acceptors (Lipinski definition) is 4. The van der Waals surface area contributed by atoms with Crippen molar-refractivity contribution in [2.75, 3.05) is 13.7 Å². The van der Waals surface area contributed by atoms with E-state index in [1.165, 1.54) is 7.11 Å². The van der Waals surface area contributed by atoms with Gasteiger partial charge in [0, 0.05) is 5.02 Å². The van der Waals surface area contributed by atoms with Gasteiger partial charge in [0.1, 0.15) is 18.4 Å². The SMILES string of the molecule is COC(=O)C(COc1ccc(Cl)cc1Cl)NC(c1ccccc1)(c1ccccc1)c1ccccc1. The maximum absolute atomic E-state index is 13.0. The number of esters is 1. The molecule has 0 saturated heterocycles. The Bertz CT molecular complexity index is 1150. The van der Waals surface area contributed by atoms with Gasteiger partial charge in [0.2, 0.25) is 0 Å². The molecule has 0 amide bonds. The van der Waals surface area contributed by atoms with Gasteiger partial charge in [0.05, 0.1) is 17.7 Å². The molecule has 0 aliphatic carbocycles. The topological polar surface area (TPSA) is 47.6 Å². The Morgan fingerprint density at radius 2 is 1.29 bits per heavy atom. The third-order valence-electron chi connectivity index (χ3n) is 5.80. The first-order valence-electron chi connectivity index (χ1n) is 11.1. The minimum Gasteiger partial charge on any atom is -0.490 e. The van der Waals surface area contributed by atoms with Gasteiger partial charge in [-0.05, 0) is 34.9 Å². The molecule has 1 unspecified atom stereocenters. The van der Waals surface area contributed by atoms with E-state index < -0.39 is 17.6 Å². The molecule has 1 atom stereocenters. The number of benzene rings is 4. The quantitative estimate of drug-likeness (QED) is 0.208. The molecule has 4 aromatic rings. The van der Waals surface area contributed by atoms with E-state index in [0.29, 0.717) is 15.8 Å². The summed E-state index contributed by atoms with van der Waals surface area (Å²) in [7, 11) is 1.36. The van der Waals surface area contributed by atoms with Crippen LogP contribution < -0.4 is 10.1 Å². The van der Waals surface area contributed by atoms with Crippen molar-refractivity contribution in [3.63, 3.8) is 0 Å². The highest BCUT2D eigenvalue weighted by Crippen LogP contribution is 2.37. The van der Waals surface area contributed by atoms with E-state index >= 15 is 0 Å². The molecule has 6 heteroatoms. The Balaban J connectivity index is 1.81. The molecule has 0 heterocycles. The van der Waals surface area contributed by atoms with Crippen molar-refractivity contribution in [3.05, 3.63) is 136 Å². The van der Waals surface area contributed by atoms with Crippen molar-refractivity contribution >= 4 is 29.2 Å². The standard InChI is InChI=1S/C29H25Cl2NO3/c1-34-28(33)26(20-35-27-18-17-24(30)19-25(27)31)32-29(21-11-5-2-6-12-21,22-13-7-3-8-14-22)23-15-9-4-10-16-23/h2-19,26,32H,20H2,1H3. The van der Waals surface area contributed by atoms with Crippen molar-refractivity contribution in [1.82, 2.24) is 5.32 Å². The smallest absolute Gasteiger partial charge is 0.326 e. The highest BCUT2D eigenvalue weighted by atomic mass is 35.5. The van der Waals surface area contributed by atoms with Gasteiger partial charge in [-0.1, -0.05) is 114 Å². The Labute approximate surface area is 215 Å². The van der Waals surface area contributed by atoms with E-state index in [1.807, 2.05) is 91.0 Å². The summed E-state index contributed by atoms with van der Waals surface area (Å²) in [6.45, 7) is -0.0116. The zero-order valence-electron chi connectivity index (χ0n) is 19.2. The lowest BCUT2D eigenvalue weighted by Gasteiger charge is -2.39. The van der Waals surface area contributed by atoms with Gasteiger partial charge in [0.25, 0.3) is 0 Å². The summed E-state index contributed by atoms with van der Waals surface area (Å²) in [5, 5.41) is 4.46. The van der Waals surface area contributed by atoms with Gasteiger partial charge in [-0.2, -0.15) is 0 Å². The molecule has 4 rings (SSSR count). The minimum atomic E-state index is -0.865. The molecule has 0 radical (unpaired) electrons. The zero-order chi connectivity index (χ0) is 24.7. The molecule has 0 spiro atoms. The number of rotatable bonds is 9. The van der Waals surface area contributed by atoms with Crippen LogP contribution in [0.25, 0.3) is 0 Å².